The molecule has 1 atom stereocenters. The Hall–Kier alpha value is -1.59. The van der Waals surface area contributed by atoms with E-state index in [1.54, 1.807) is 0 Å². The number of carboxylic acid groups (broad SMARTS) is 3. The molecule has 0 amide bonds. The van der Waals surface area contributed by atoms with Gasteiger partial charge in [-0.1, -0.05) is 26.7 Å². The molecule has 0 aromatic heterocycles. The second-order valence-electron chi connectivity index (χ2n) is 3.21. The van der Waals surface area contributed by atoms with Crippen LogP contribution in [0, 0.1) is 5.92 Å². The SMILES string of the molecule is CC(=O)O.CCCCC(CC)C(=O)O.O=CO. The van der Waals surface area contributed by atoms with Gasteiger partial charge in [0.1, 0.15) is 0 Å². The Kier molecular flexibility index (Phi) is 20.6. The summed E-state index contributed by atoms with van der Waals surface area (Å²) in [6, 6.07) is 0. The normalized spacial score (nSPS) is 9.82. The average molecular weight is 250 g/mol. The molecular weight excluding hydrogens is 228 g/mol. The highest BCUT2D eigenvalue weighted by Crippen LogP contribution is 2.11. The van der Waals surface area contributed by atoms with Crippen molar-refractivity contribution in [2.24, 2.45) is 5.92 Å². The third kappa shape index (κ3) is 31.4. The summed E-state index contributed by atoms with van der Waals surface area (Å²) in [4.78, 5) is 27.8. The van der Waals surface area contributed by atoms with Crippen LogP contribution in [-0.2, 0) is 14.4 Å². The van der Waals surface area contributed by atoms with Crippen molar-refractivity contribution in [3.63, 3.8) is 0 Å². The van der Waals surface area contributed by atoms with E-state index in [1.807, 2.05) is 6.92 Å². The van der Waals surface area contributed by atoms with Gasteiger partial charge in [0.05, 0.1) is 5.92 Å². The monoisotopic (exact) mass is 250 g/mol. The predicted molar refractivity (Wildman–Crippen MR) is 62.9 cm³/mol. The zero-order valence-electron chi connectivity index (χ0n) is 10.5. The minimum absolute atomic E-state index is 0.111. The highest BCUT2D eigenvalue weighted by atomic mass is 16.4. The number of hydrogen-bond donors (Lipinski definition) is 3. The van der Waals surface area contributed by atoms with Crippen LogP contribution in [0.5, 0.6) is 0 Å². The summed E-state index contributed by atoms with van der Waals surface area (Å²) in [6.45, 7) is 4.84. The van der Waals surface area contributed by atoms with Crippen molar-refractivity contribution in [2.45, 2.75) is 46.5 Å². The Morgan fingerprint density at radius 1 is 1.24 bits per heavy atom. The van der Waals surface area contributed by atoms with E-state index in [4.69, 9.17) is 24.9 Å². The van der Waals surface area contributed by atoms with Gasteiger partial charge in [-0.15, -0.1) is 0 Å². The molecule has 1 unspecified atom stereocenters. The van der Waals surface area contributed by atoms with Crippen LogP contribution >= 0.6 is 0 Å². The fourth-order valence-corrected chi connectivity index (χ4v) is 0.953. The van der Waals surface area contributed by atoms with Crippen molar-refractivity contribution in [1.82, 2.24) is 0 Å². The van der Waals surface area contributed by atoms with E-state index in [9.17, 15) is 4.79 Å². The lowest BCUT2D eigenvalue weighted by Crippen LogP contribution is -2.11. The molecule has 0 fully saturated rings. The first kappa shape index (κ1) is 20.8. The molecule has 17 heavy (non-hydrogen) atoms. The molecule has 0 spiro atoms. The van der Waals surface area contributed by atoms with Crippen molar-refractivity contribution >= 4 is 18.4 Å². The Labute approximate surface area is 101 Å². The van der Waals surface area contributed by atoms with Gasteiger partial charge in [0, 0.05) is 6.92 Å². The molecule has 0 saturated heterocycles. The summed E-state index contributed by atoms with van der Waals surface area (Å²) >= 11 is 0. The number of aliphatic carboxylic acids is 2. The lowest BCUT2D eigenvalue weighted by atomic mass is 10.00. The van der Waals surface area contributed by atoms with Crippen LogP contribution in [0.2, 0.25) is 0 Å². The number of carboxylic acids is 2. The molecule has 0 aliphatic carbocycles. The van der Waals surface area contributed by atoms with Gasteiger partial charge in [-0.25, -0.2) is 0 Å². The molecule has 0 heterocycles. The molecule has 0 aliphatic heterocycles. The van der Waals surface area contributed by atoms with Crippen molar-refractivity contribution in [3.8, 4) is 0 Å². The first-order valence-electron chi connectivity index (χ1n) is 5.37. The lowest BCUT2D eigenvalue weighted by molar-refractivity contribution is -0.142. The van der Waals surface area contributed by atoms with Gasteiger partial charge < -0.3 is 15.3 Å². The van der Waals surface area contributed by atoms with Gasteiger partial charge in [-0.3, -0.25) is 14.4 Å². The molecule has 3 N–H and O–H groups in total. The largest absolute Gasteiger partial charge is 0.483 e. The molecular formula is C11H22O6. The molecule has 102 valence electrons. The minimum Gasteiger partial charge on any atom is -0.483 e. The summed E-state index contributed by atoms with van der Waals surface area (Å²) in [7, 11) is 0. The van der Waals surface area contributed by atoms with Gasteiger partial charge in [0.25, 0.3) is 12.4 Å². The Balaban J connectivity index is -0.000000232. The van der Waals surface area contributed by atoms with Crippen LogP contribution in [0.15, 0.2) is 0 Å². The lowest BCUT2D eigenvalue weighted by Gasteiger charge is -2.06. The van der Waals surface area contributed by atoms with E-state index >= 15 is 0 Å². The molecule has 0 saturated carbocycles. The highest BCUT2D eigenvalue weighted by molar-refractivity contribution is 5.69. The summed E-state index contributed by atoms with van der Waals surface area (Å²) in [5.74, 6) is -1.59. The smallest absolute Gasteiger partial charge is 0.306 e. The van der Waals surface area contributed by atoms with Crippen molar-refractivity contribution in [2.75, 3.05) is 0 Å². The predicted octanol–water partition coefficient (Wildman–Crippen LogP) is 2.08. The maximum Gasteiger partial charge on any atom is 0.306 e. The fourth-order valence-electron chi connectivity index (χ4n) is 0.953. The van der Waals surface area contributed by atoms with Crippen LogP contribution in [0.4, 0.5) is 0 Å². The molecule has 0 aromatic carbocycles. The first-order chi connectivity index (χ1) is 7.87. The summed E-state index contributed by atoms with van der Waals surface area (Å²) in [6.07, 6.45) is 3.71. The van der Waals surface area contributed by atoms with Crippen molar-refractivity contribution in [1.29, 1.82) is 0 Å². The molecule has 6 nitrogen and oxygen atoms in total. The summed E-state index contributed by atoms with van der Waals surface area (Å²) < 4.78 is 0. The number of hydrogen-bond acceptors (Lipinski definition) is 3. The van der Waals surface area contributed by atoms with E-state index in [0.717, 1.165) is 32.6 Å². The molecule has 0 aromatic rings. The molecule has 6 heteroatoms. The first-order valence-corrected chi connectivity index (χ1v) is 5.37. The van der Waals surface area contributed by atoms with E-state index in [-0.39, 0.29) is 12.4 Å². The molecule has 0 bridgehead atoms. The minimum atomic E-state index is -0.833. The van der Waals surface area contributed by atoms with Crippen LogP contribution in [0.25, 0.3) is 0 Å². The van der Waals surface area contributed by atoms with Crippen LogP contribution in [-0.4, -0.2) is 33.7 Å². The van der Waals surface area contributed by atoms with Gasteiger partial charge in [-0.2, -0.15) is 0 Å². The second kappa shape index (κ2) is 16.8. The highest BCUT2D eigenvalue weighted by Gasteiger charge is 2.12. The van der Waals surface area contributed by atoms with Crippen LogP contribution in [0.1, 0.15) is 46.5 Å². The molecule has 0 aliphatic rings. The number of carbonyl (C=O) groups is 3. The average Bonchev–Trinajstić information content (AvgIpc) is 2.18. The van der Waals surface area contributed by atoms with Gasteiger partial charge in [0.2, 0.25) is 0 Å². The maximum absolute atomic E-state index is 10.4. The fraction of sp³-hybridized carbons (Fsp3) is 0.727. The topological polar surface area (TPSA) is 112 Å². The van der Waals surface area contributed by atoms with E-state index in [0.29, 0.717) is 0 Å². The number of rotatable bonds is 5. The summed E-state index contributed by atoms with van der Waals surface area (Å²) in [5, 5.41) is 22.9. The van der Waals surface area contributed by atoms with Crippen molar-refractivity contribution < 1.29 is 29.7 Å². The summed E-state index contributed by atoms with van der Waals surface area (Å²) in [5.41, 5.74) is 0. The third-order valence-electron chi connectivity index (χ3n) is 1.75. The van der Waals surface area contributed by atoms with Gasteiger partial charge >= 0.3 is 5.97 Å². The van der Waals surface area contributed by atoms with Gasteiger partial charge in [-0.05, 0) is 12.8 Å². The van der Waals surface area contributed by atoms with Crippen LogP contribution < -0.4 is 0 Å². The Morgan fingerprint density at radius 2 is 1.59 bits per heavy atom. The standard InChI is InChI=1S/C8H16O2.C2H4O2.CH2O2/c1-3-5-6-7(4-2)8(9)10;1-2(3)4;2-1-3/h7H,3-6H2,1-2H3,(H,9,10);1H3,(H,3,4);1H,(H,2,3). The zero-order chi connectivity index (χ0) is 14.3. The maximum atomic E-state index is 10.4. The van der Waals surface area contributed by atoms with E-state index < -0.39 is 11.9 Å². The van der Waals surface area contributed by atoms with E-state index in [2.05, 4.69) is 6.92 Å². The zero-order valence-corrected chi connectivity index (χ0v) is 10.5. The van der Waals surface area contributed by atoms with Crippen LogP contribution in [0.3, 0.4) is 0 Å². The van der Waals surface area contributed by atoms with E-state index in [1.165, 1.54) is 0 Å². The van der Waals surface area contributed by atoms with Crippen molar-refractivity contribution in [3.05, 3.63) is 0 Å². The van der Waals surface area contributed by atoms with Gasteiger partial charge in [0.15, 0.2) is 0 Å². The quantitative estimate of drug-likeness (QED) is 0.644. The molecule has 0 radical (unpaired) electrons. The Morgan fingerprint density at radius 3 is 1.76 bits per heavy atom. The number of unbranched alkanes of at least 4 members (excludes halogenated alkanes) is 1. The second-order valence-corrected chi connectivity index (χ2v) is 3.21. The Bertz CT molecular complexity index is 198. The molecule has 0 rings (SSSR count). The third-order valence-corrected chi connectivity index (χ3v) is 1.75.